The lowest BCUT2D eigenvalue weighted by atomic mass is 9.84. The molecule has 0 heterocycles. The molecule has 0 spiro atoms. The maximum absolute atomic E-state index is 6.76. The highest BCUT2D eigenvalue weighted by atomic mass is 79.9. The van der Waals surface area contributed by atoms with Crippen molar-refractivity contribution in [2.45, 2.75) is 52.3 Å². The lowest BCUT2D eigenvalue weighted by molar-refractivity contribution is 0.282. The van der Waals surface area contributed by atoms with Crippen molar-refractivity contribution in [2.75, 3.05) is 13.2 Å². The van der Waals surface area contributed by atoms with Crippen molar-refractivity contribution < 1.29 is 9.47 Å². The van der Waals surface area contributed by atoms with Crippen LogP contribution in [-0.2, 0) is 6.42 Å². The second kappa shape index (κ2) is 6.78. The van der Waals surface area contributed by atoms with Crippen LogP contribution in [0.25, 0.3) is 0 Å². The second-order valence-corrected chi connectivity index (χ2v) is 7.66. The van der Waals surface area contributed by atoms with Gasteiger partial charge < -0.3 is 9.47 Å². The van der Waals surface area contributed by atoms with Crippen LogP contribution < -0.4 is 9.47 Å². The third kappa shape index (κ3) is 3.68. The summed E-state index contributed by atoms with van der Waals surface area (Å²) in [6, 6.07) is 2.02. The molecule has 1 aliphatic carbocycles. The van der Waals surface area contributed by atoms with E-state index in [0.717, 1.165) is 40.8 Å². The molecule has 21 heavy (non-hydrogen) atoms. The largest absolute Gasteiger partial charge is 0.490 e. The summed E-state index contributed by atoms with van der Waals surface area (Å²) in [5.74, 6) is 1.62. The molecule has 0 radical (unpaired) electrons. The van der Waals surface area contributed by atoms with Gasteiger partial charge in [-0.1, -0.05) is 29.8 Å². The summed E-state index contributed by atoms with van der Waals surface area (Å²) < 4.78 is 12.7. The predicted molar refractivity (Wildman–Crippen MR) is 91.8 cm³/mol. The van der Waals surface area contributed by atoms with Gasteiger partial charge in [0.15, 0.2) is 11.5 Å². The minimum Gasteiger partial charge on any atom is -0.490 e. The van der Waals surface area contributed by atoms with Crippen LogP contribution in [0.2, 0.25) is 0 Å². The first kappa shape index (κ1) is 17.0. The molecule has 4 heteroatoms. The molecule has 0 N–H and O–H groups in total. The quantitative estimate of drug-likeness (QED) is 0.482. The van der Waals surface area contributed by atoms with E-state index < -0.39 is 0 Å². The molecule has 1 atom stereocenters. The molecule has 2 rings (SSSR count). The van der Waals surface area contributed by atoms with Crippen LogP contribution in [0.3, 0.4) is 0 Å². The van der Waals surface area contributed by atoms with Gasteiger partial charge in [-0.2, -0.15) is 0 Å². The lowest BCUT2D eigenvalue weighted by Crippen LogP contribution is -2.12. The Hall–Kier alpha value is -0.410. The summed E-state index contributed by atoms with van der Waals surface area (Å²) in [5, 5.41) is -0.0456. The van der Waals surface area contributed by atoms with Gasteiger partial charge in [0.2, 0.25) is 0 Å². The third-order valence-electron chi connectivity index (χ3n) is 4.02. The number of halogens is 2. The molecule has 2 nitrogen and oxygen atoms in total. The molecule has 0 saturated carbocycles. The van der Waals surface area contributed by atoms with Crippen LogP contribution >= 0.6 is 27.5 Å². The van der Waals surface area contributed by atoms with Gasteiger partial charge >= 0.3 is 0 Å². The van der Waals surface area contributed by atoms with E-state index in [1.54, 1.807) is 0 Å². The average molecular weight is 376 g/mol. The number of ether oxygens (including phenoxy) is 2. The Balaban J connectivity index is 2.59. The van der Waals surface area contributed by atoms with Gasteiger partial charge in [0.25, 0.3) is 0 Å². The minimum atomic E-state index is -0.0456. The molecule has 1 aromatic rings. The highest BCUT2D eigenvalue weighted by Gasteiger charge is 2.33. The summed E-state index contributed by atoms with van der Waals surface area (Å²) in [4.78, 5) is 0. The molecule has 0 aliphatic heterocycles. The number of hydrogen-bond donors (Lipinski definition) is 0. The molecular weight excluding hydrogens is 352 g/mol. The van der Waals surface area contributed by atoms with E-state index in [1.807, 2.05) is 19.9 Å². The Morgan fingerprint density at radius 1 is 1.29 bits per heavy atom. The number of alkyl halides is 1. The third-order valence-corrected chi connectivity index (χ3v) is 5.11. The molecule has 1 aromatic carbocycles. The van der Waals surface area contributed by atoms with E-state index in [-0.39, 0.29) is 10.8 Å². The predicted octanol–water partition coefficient (Wildman–Crippen LogP) is 5.89. The average Bonchev–Trinajstić information content (AvgIpc) is 2.51. The van der Waals surface area contributed by atoms with Crippen molar-refractivity contribution in [2.24, 2.45) is 5.41 Å². The first-order valence-corrected chi connectivity index (χ1v) is 8.87. The van der Waals surface area contributed by atoms with Crippen LogP contribution in [-0.4, -0.2) is 13.2 Å². The van der Waals surface area contributed by atoms with Gasteiger partial charge in [-0.15, -0.1) is 11.6 Å². The Morgan fingerprint density at radius 2 is 1.95 bits per heavy atom. The van der Waals surface area contributed by atoms with Crippen molar-refractivity contribution >= 4 is 27.5 Å². The van der Waals surface area contributed by atoms with Gasteiger partial charge in [-0.3, -0.25) is 0 Å². The summed E-state index contributed by atoms with van der Waals surface area (Å²) >= 11 is 10.5. The first-order valence-electron chi connectivity index (χ1n) is 7.64. The van der Waals surface area contributed by atoms with Crippen molar-refractivity contribution in [3.8, 4) is 11.5 Å². The molecule has 0 bridgehead atoms. The smallest absolute Gasteiger partial charge is 0.166 e. The molecule has 0 saturated heterocycles. The van der Waals surface area contributed by atoms with Crippen LogP contribution in [0.15, 0.2) is 10.5 Å². The lowest BCUT2D eigenvalue weighted by Gasteiger charge is -2.24. The van der Waals surface area contributed by atoms with Gasteiger partial charge in [0, 0.05) is 10.0 Å². The number of benzene rings is 1. The summed E-state index contributed by atoms with van der Waals surface area (Å²) in [7, 11) is 0. The summed E-state index contributed by atoms with van der Waals surface area (Å²) in [6.07, 6.45) is 3.09. The van der Waals surface area contributed by atoms with E-state index in [2.05, 4.69) is 29.8 Å². The van der Waals surface area contributed by atoms with Crippen molar-refractivity contribution in [3.05, 3.63) is 21.7 Å². The Morgan fingerprint density at radius 3 is 2.57 bits per heavy atom. The molecule has 0 aromatic heterocycles. The maximum Gasteiger partial charge on any atom is 0.166 e. The Kier molecular flexibility index (Phi) is 5.48. The van der Waals surface area contributed by atoms with E-state index >= 15 is 0 Å². The highest BCUT2D eigenvalue weighted by Crippen LogP contribution is 2.50. The zero-order chi connectivity index (χ0) is 15.6. The fraction of sp³-hybridized carbons (Fsp3) is 0.647. The standard InChI is InChI=1S/C17H24BrClO2/c1-5-20-14-9-12(18)11-7-8-17(3,4)10-13(19)15(11)16(14)21-6-2/h9,13H,5-8,10H2,1-4H3. The number of hydrogen-bond acceptors (Lipinski definition) is 2. The maximum atomic E-state index is 6.76. The van der Waals surface area contributed by atoms with Crippen LogP contribution in [0, 0.1) is 5.41 Å². The fourth-order valence-corrected chi connectivity index (χ4v) is 4.23. The molecule has 118 valence electrons. The van der Waals surface area contributed by atoms with Crippen LogP contribution in [0.5, 0.6) is 11.5 Å². The zero-order valence-corrected chi connectivity index (χ0v) is 15.6. The van der Waals surface area contributed by atoms with E-state index in [9.17, 15) is 0 Å². The topological polar surface area (TPSA) is 18.5 Å². The highest BCUT2D eigenvalue weighted by molar-refractivity contribution is 9.10. The molecule has 0 fully saturated rings. The fourth-order valence-electron chi connectivity index (χ4n) is 2.96. The molecule has 1 unspecified atom stereocenters. The second-order valence-electron chi connectivity index (χ2n) is 6.28. The van der Waals surface area contributed by atoms with E-state index in [0.29, 0.717) is 13.2 Å². The number of fused-ring (bicyclic) bond motifs is 1. The SMILES string of the molecule is CCOc1cc(Br)c2c(c1OCC)C(Cl)CC(C)(C)CC2. The van der Waals surface area contributed by atoms with E-state index in [1.165, 1.54) is 5.56 Å². The molecule has 1 aliphatic rings. The van der Waals surface area contributed by atoms with Gasteiger partial charge in [0.05, 0.1) is 18.6 Å². The monoisotopic (exact) mass is 374 g/mol. The van der Waals surface area contributed by atoms with Crippen LogP contribution in [0.4, 0.5) is 0 Å². The normalized spacial score (nSPS) is 20.6. The Labute approximate surface area is 141 Å². The van der Waals surface area contributed by atoms with Gasteiger partial charge in [-0.05, 0) is 50.2 Å². The summed E-state index contributed by atoms with van der Waals surface area (Å²) in [6.45, 7) is 9.77. The summed E-state index contributed by atoms with van der Waals surface area (Å²) in [5.41, 5.74) is 2.62. The zero-order valence-electron chi connectivity index (χ0n) is 13.3. The van der Waals surface area contributed by atoms with Crippen molar-refractivity contribution in [1.29, 1.82) is 0 Å². The van der Waals surface area contributed by atoms with Crippen molar-refractivity contribution in [3.63, 3.8) is 0 Å². The Bertz CT molecular complexity index is 514. The van der Waals surface area contributed by atoms with E-state index in [4.69, 9.17) is 21.1 Å². The van der Waals surface area contributed by atoms with Crippen LogP contribution in [0.1, 0.15) is 57.0 Å². The van der Waals surface area contributed by atoms with Crippen molar-refractivity contribution in [1.82, 2.24) is 0 Å². The first-order chi connectivity index (χ1) is 9.89. The van der Waals surface area contributed by atoms with Gasteiger partial charge in [-0.25, -0.2) is 0 Å². The molecule has 0 amide bonds. The van der Waals surface area contributed by atoms with Gasteiger partial charge in [0.1, 0.15) is 0 Å². The number of rotatable bonds is 4. The minimum absolute atomic E-state index is 0.0456. The molecular formula is C17H24BrClO2.